The van der Waals surface area contributed by atoms with Crippen molar-refractivity contribution < 1.29 is 23.5 Å². The Morgan fingerprint density at radius 3 is 2.63 bits per heavy atom. The van der Waals surface area contributed by atoms with E-state index in [1.54, 1.807) is 19.1 Å². The van der Waals surface area contributed by atoms with Gasteiger partial charge in [0.25, 0.3) is 5.91 Å². The van der Waals surface area contributed by atoms with E-state index in [0.717, 1.165) is 37.0 Å². The molecule has 2 N–H and O–H groups in total. The molecular formula is C19H21FN2O4S. The van der Waals surface area contributed by atoms with Crippen LogP contribution < -0.4 is 10.6 Å². The molecule has 0 aliphatic heterocycles. The topological polar surface area (TPSA) is 84.5 Å². The lowest BCUT2D eigenvalue weighted by atomic mass is 10.1. The van der Waals surface area contributed by atoms with Gasteiger partial charge in [-0.05, 0) is 44.4 Å². The molecule has 27 heavy (non-hydrogen) atoms. The van der Waals surface area contributed by atoms with Gasteiger partial charge in [0.15, 0.2) is 6.10 Å². The number of aryl methyl sites for hydroxylation is 1. The van der Waals surface area contributed by atoms with Crippen molar-refractivity contribution in [3.05, 3.63) is 34.5 Å². The monoisotopic (exact) mass is 392 g/mol. The minimum absolute atomic E-state index is 0.0757. The average Bonchev–Trinajstić information content (AvgIpc) is 3.23. The summed E-state index contributed by atoms with van der Waals surface area (Å²) in [4.78, 5) is 36.6. The van der Waals surface area contributed by atoms with Crippen LogP contribution in [0.2, 0.25) is 0 Å². The Hall–Kier alpha value is -2.48. The average molecular weight is 392 g/mol. The number of hydrogen-bond acceptors (Lipinski definition) is 5. The fourth-order valence-corrected chi connectivity index (χ4v) is 4.33. The van der Waals surface area contributed by atoms with Crippen molar-refractivity contribution in [3.8, 4) is 0 Å². The smallest absolute Gasteiger partial charge is 0.349 e. The third-order valence-electron chi connectivity index (χ3n) is 4.67. The summed E-state index contributed by atoms with van der Waals surface area (Å²) in [5.41, 5.74) is 0.477. The number of thiophene rings is 1. The molecule has 0 unspecified atom stereocenters. The van der Waals surface area contributed by atoms with Crippen LogP contribution >= 0.6 is 11.3 Å². The van der Waals surface area contributed by atoms with Crippen molar-refractivity contribution in [2.75, 3.05) is 0 Å². The van der Waals surface area contributed by atoms with Crippen molar-refractivity contribution in [2.24, 2.45) is 0 Å². The van der Waals surface area contributed by atoms with Gasteiger partial charge in [0.05, 0.1) is 0 Å². The zero-order valence-electron chi connectivity index (χ0n) is 15.1. The number of nitrogens with one attached hydrogen (secondary N) is 2. The molecule has 8 heteroatoms. The molecule has 1 heterocycles. The molecule has 0 saturated heterocycles. The van der Waals surface area contributed by atoms with Crippen LogP contribution in [0.3, 0.4) is 0 Å². The molecule has 0 bridgehead atoms. The number of carbonyl (C=O) groups excluding carboxylic acids is 3. The SMILES string of the molecule is Cc1c(C(=O)O[C@@H](C)C(=O)NC(=O)NC2CCCC2)sc2cccc(F)c12. The maximum absolute atomic E-state index is 14.0. The number of amides is 3. The molecule has 1 aromatic heterocycles. The Morgan fingerprint density at radius 2 is 1.96 bits per heavy atom. The predicted octanol–water partition coefficient (Wildman–Crippen LogP) is 3.66. The van der Waals surface area contributed by atoms with Crippen LogP contribution in [0.25, 0.3) is 10.1 Å². The van der Waals surface area contributed by atoms with Crippen molar-refractivity contribution >= 4 is 39.3 Å². The highest BCUT2D eigenvalue weighted by Crippen LogP contribution is 2.33. The van der Waals surface area contributed by atoms with Crippen molar-refractivity contribution in [3.63, 3.8) is 0 Å². The number of rotatable bonds is 4. The standard InChI is InChI=1S/C19H21FN2O4S/c1-10-15-13(20)8-5-9-14(15)27-16(10)18(24)26-11(2)17(23)22-19(25)21-12-6-3-4-7-12/h5,8-9,11-12H,3-4,6-7H2,1-2H3,(H2,21,22,23,25)/t11-/m0/s1. The number of carbonyl (C=O) groups is 3. The van der Waals surface area contributed by atoms with Gasteiger partial charge >= 0.3 is 12.0 Å². The number of benzene rings is 1. The van der Waals surface area contributed by atoms with Gasteiger partial charge in [-0.1, -0.05) is 18.9 Å². The summed E-state index contributed by atoms with van der Waals surface area (Å²) in [5.74, 6) is -1.83. The Bertz CT molecular complexity index is 889. The maximum atomic E-state index is 14.0. The summed E-state index contributed by atoms with van der Waals surface area (Å²) in [5, 5.41) is 5.30. The third-order valence-corrected chi connectivity index (χ3v) is 5.91. The highest BCUT2D eigenvalue weighted by Gasteiger charge is 2.25. The zero-order valence-corrected chi connectivity index (χ0v) is 16.0. The molecule has 1 aromatic carbocycles. The summed E-state index contributed by atoms with van der Waals surface area (Å²) in [6.45, 7) is 3.03. The molecular weight excluding hydrogens is 371 g/mol. The van der Waals surface area contributed by atoms with Crippen LogP contribution in [-0.4, -0.2) is 30.1 Å². The summed E-state index contributed by atoms with van der Waals surface area (Å²) < 4.78 is 19.8. The second kappa shape index (κ2) is 8.04. The van der Waals surface area contributed by atoms with Gasteiger partial charge in [-0.2, -0.15) is 0 Å². The first-order chi connectivity index (χ1) is 12.9. The maximum Gasteiger partial charge on any atom is 0.349 e. The lowest BCUT2D eigenvalue weighted by molar-refractivity contribution is -0.127. The summed E-state index contributed by atoms with van der Waals surface area (Å²) in [6.07, 6.45) is 2.76. The largest absolute Gasteiger partial charge is 0.448 e. The second-order valence-corrected chi connectivity index (χ2v) is 7.71. The van der Waals surface area contributed by atoms with Gasteiger partial charge in [-0.3, -0.25) is 10.1 Å². The van der Waals surface area contributed by atoms with Crippen LogP contribution in [0.15, 0.2) is 18.2 Å². The van der Waals surface area contributed by atoms with Crippen molar-refractivity contribution in [1.82, 2.24) is 10.6 Å². The van der Waals surface area contributed by atoms with E-state index < -0.39 is 29.8 Å². The number of ether oxygens (including phenoxy) is 1. The fraction of sp³-hybridized carbons (Fsp3) is 0.421. The highest BCUT2D eigenvalue weighted by molar-refractivity contribution is 7.21. The molecule has 1 fully saturated rings. The Balaban J connectivity index is 1.61. The van der Waals surface area contributed by atoms with E-state index in [-0.39, 0.29) is 10.9 Å². The third kappa shape index (κ3) is 4.27. The first-order valence-electron chi connectivity index (χ1n) is 8.86. The summed E-state index contributed by atoms with van der Waals surface area (Å²) >= 11 is 1.11. The number of urea groups is 1. The molecule has 6 nitrogen and oxygen atoms in total. The van der Waals surface area contributed by atoms with E-state index >= 15 is 0 Å². The summed E-state index contributed by atoms with van der Waals surface area (Å²) in [7, 11) is 0. The fourth-order valence-electron chi connectivity index (χ4n) is 3.22. The van der Waals surface area contributed by atoms with E-state index in [1.165, 1.54) is 13.0 Å². The van der Waals surface area contributed by atoms with Gasteiger partial charge in [-0.15, -0.1) is 11.3 Å². The van der Waals surface area contributed by atoms with Crippen LogP contribution in [0.1, 0.15) is 47.8 Å². The molecule has 0 radical (unpaired) electrons. The van der Waals surface area contributed by atoms with Crippen LogP contribution in [0, 0.1) is 12.7 Å². The van der Waals surface area contributed by atoms with Crippen LogP contribution in [-0.2, 0) is 9.53 Å². The van der Waals surface area contributed by atoms with Crippen molar-refractivity contribution in [2.45, 2.75) is 51.7 Å². The van der Waals surface area contributed by atoms with Gasteiger partial charge in [0.2, 0.25) is 0 Å². The number of hydrogen-bond donors (Lipinski definition) is 2. The normalized spacial score (nSPS) is 15.5. The van der Waals surface area contributed by atoms with E-state index in [0.29, 0.717) is 15.6 Å². The minimum atomic E-state index is -1.15. The van der Waals surface area contributed by atoms with Crippen LogP contribution in [0.4, 0.5) is 9.18 Å². The molecule has 3 rings (SSSR count). The Labute approximate surface area is 160 Å². The molecule has 144 valence electrons. The Morgan fingerprint density at radius 1 is 1.26 bits per heavy atom. The lowest BCUT2D eigenvalue weighted by Crippen LogP contribution is -2.47. The molecule has 3 amide bonds. The number of imide groups is 1. The predicted molar refractivity (Wildman–Crippen MR) is 100 cm³/mol. The number of esters is 1. The molecule has 1 aliphatic rings. The van der Waals surface area contributed by atoms with Gasteiger partial charge < -0.3 is 10.1 Å². The van der Waals surface area contributed by atoms with E-state index in [9.17, 15) is 18.8 Å². The zero-order chi connectivity index (χ0) is 19.6. The molecule has 2 aromatic rings. The molecule has 1 atom stereocenters. The Kier molecular flexibility index (Phi) is 5.74. The van der Waals surface area contributed by atoms with Crippen molar-refractivity contribution in [1.29, 1.82) is 0 Å². The lowest BCUT2D eigenvalue weighted by Gasteiger charge is -2.15. The highest BCUT2D eigenvalue weighted by atomic mass is 32.1. The first kappa shape index (κ1) is 19.3. The molecule has 1 aliphatic carbocycles. The molecule has 0 spiro atoms. The van der Waals surface area contributed by atoms with Crippen LogP contribution in [0.5, 0.6) is 0 Å². The first-order valence-corrected chi connectivity index (χ1v) is 9.68. The quantitative estimate of drug-likeness (QED) is 0.778. The van der Waals surface area contributed by atoms with Gasteiger partial charge in [0, 0.05) is 16.1 Å². The molecule has 1 saturated carbocycles. The number of fused-ring (bicyclic) bond motifs is 1. The van der Waals surface area contributed by atoms with E-state index in [1.807, 2.05) is 0 Å². The second-order valence-electron chi connectivity index (χ2n) is 6.66. The van der Waals surface area contributed by atoms with E-state index in [4.69, 9.17) is 4.74 Å². The summed E-state index contributed by atoms with van der Waals surface area (Å²) in [6, 6.07) is 4.11. The van der Waals surface area contributed by atoms with Gasteiger partial charge in [-0.25, -0.2) is 14.0 Å². The minimum Gasteiger partial charge on any atom is -0.448 e. The van der Waals surface area contributed by atoms with E-state index in [2.05, 4.69) is 10.6 Å². The number of halogens is 1. The van der Waals surface area contributed by atoms with Gasteiger partial charge in [0.1, 0.15) is 10.7 Å².